The lowest BCUT2D eigenvalue weighted by molar-refractivity contribution is 0.474. The van der Waals surface area contributed by atoms with Crippen LogP contribution in [0.4, 0.5) is 0 Å². The Labute approximate surface area is 92.7 Å². The molecule has 0 saturated heterocycles. The molecule has 16 heavy (non-hydrogen) atoms. The minimum atomic E-state index is 0.246. The fourth-order valence-corrected chi connectivity index (χ4v) is 1.97. The van der Waals surface area contributed by atoms with Gasteiger partial charge in [0.05, 0.1) is 11.4 Å². The summed E-state index contributed by atoms with van der Waals surface area (Å²) < 4.78 is 1.80. The van der Waals surface area contributed by atoms with E-state index in [2.05, 4.69) is 15.6 Å². The molecule has 5 nitrogen and oxygen atoms in total. The first-order valence-corrected chi connectivity index (χ1v) is 5.28. The lowest BCUT2D eigenvalue weighted by Crippen LogP contribution is -2.24. The van der Waals surface area contributed by atoms with Gasteiger partial charge in [-0.15, -0.1) is 5.10 Å². The summed E-state index contributed by atoms with van der Waals surface area (Å²) in [6, 6.07) is 7.06. The SMILES string of the molecule is Oc1cccc(-n2nnc3c2CCNC3)c1. The van der Waals surface area contributed by atoms with Crippen LogP contribution in [0.3, 0.4) is 0 Å². The van der Waals surface area contributed by atoms with Crippen molar-refractivity contribution in [3.05, 3.63) is 35.7 Å². The van der Waals surface area contributed by atoms with Gasteiger partial charge in [-0.25, -0.2) is 4.68 Å². The van der Waals surface area contributed by atoms with E-state index in [4.69, 9.17) is 0 Å². The maximum Gasteiger partial charge on any atom is 0.117 e. The van der Waals surface area contributed by atoms with Gasteiger partial charge in [0.1, 0.15) is 11.4 Å². The Morgan fingerprint density at radius 3 is 3.19 bits per heavy atom. The number of hydrogen-bond acceptors (Lipinski definition) is 4. The molecule has 82 valence electrons. The third kappa shape index (κ3) is 1.45. The molecule has 0 amide bonds. The highest BCUT2D eigenvalue weighted by atomic mass is 16.3. The van der Waals surface area contributed by atoms with Gasteiger partial charge in [-0.1, -0.05) is 11.3 Å². The van der Waals surface area contributed by atoms with Gasteiger partial charge in [0, 0.05) is 25.6 Å². The molecule has 0 radical (unpaired) electrons. The highest BCUT2D eigenvalue weighted by Crippen LogP contribution is 2.19. The summed E-state index contributed by atoms with van der Waals surface area (Å²) >= 11 is 0. The predicted octanol–water partition coefficient (Wildman–Crippen LogP) is 0.619. The molecule has 0 unspecified atom stereocenters. The van der Waals surface area contributed by atoms with Gasteiger partial charge >= 0.3 is 0 Å². The van der Waals surface area contributed by atoms with Crippen molar-refractivity contribution in [3.8, 4) is 11.4 Å². The molecule has 2 aromatic rings. The molecule has 0 atom stereocenters. The van der Waals surface area contributed by atoms with E-state index in [9.17, 15) is 5.11 Å². The van der Waals surface area contributed by atoms with Crippen LogP contribution >= 0.6 is 0 Å². The summed E-state index contributed by atoms with van der Waals surface area (Å²) in [5.74, 6) is 0.246. The van der Waals surface area contributed by atoms with E-state index in [-0.39, 0.29) is 5.75 Å². The van der Waals surface area contributed by atoms with Crippen molar-refractivity contribution in [3.63, 3.8) is 0 Å². The first kappa shape index (κ1) is 9.35. The molecule has 0 bridgehead atoms. The van der Waals surface area contributed by atoms with E-state index < -0.39 is 0 Å². The van der Waals surface area contributed by atoms with Gasteiger partial charge in [0.2, 0.25) is 0 Å². The highest BCUT2D eigenvalue weighted by Gasteiger charge is 2.17. The second kappa shape index (κ2) is 3.61. The quantitative estimate of drug-likeness (QED) is 0.733. The molecule has 5 heteroatoms. The van der Waals surface area contributed by atoms with Crippen LogP contribution < -0.4 is 5.32 Å². The third-order valence-electron chi connectivity index (χ3n) is 2.75. The van der Waals surface area contributed by atoms with Crippen LogP contribution in [0.15, 0.2) is 24.3 Å². The van der Waals surface area contributed by atoms with Crippen molar-refractivity contribution in [1.82, 2.24) is 20.3 Å². The molecule has 1 aliphatic heterocycles. The fourth-order valence-electron chi connectivity index (χ4n) is 1.97. The van der Waals surface area contributed by atoms with Crippen LogP contribution in [0.25, 0.3) is 5.69 Å². The average Bonchev–Trinajstić information content (AvgIpc) is 2.72. The standard InChI is InChI=1S/C11H12N4O/c16-9-3-1-2-8(6-9)15-11-4-5-12-7-10(11)13-14-15/h1-3,6,12,16H,4-5,7H2. The van der Waals surface area contributed by atoms with Crippen molar-refractivity contribution in [1.29, 1.82) is 0 Å². The van der Waals surface area contributed by atoms with E-state index in [1.165, 1.54) is 0 Å². The minimum Gasteiger partial charge on any atom is -0.508 e. The molecule has 1 aliphatic rings. The van der Waals surface area contributed by atoms with Gasteiger partial charge in [0.25, 0.3) is 0 Å². The smallest absolute Gasteiger partial charge is 0.117 e. The number of nitrogens with zero attached hydrogens (tertiary/aromatic N) is 3. The van der Waals surface area contributed by atoms with Gasteiger partial charge in [0.15, 0.2) is 0 Å². The normalized spacial score (nSPS) is 14.8. The zero-order chi connectivity index (χ0) is 11.0. The van der Waals surface area contributed by atoms with Crippen molar-refractivity contribution in [2.45, 2.75) is 13.0 Å². The second-order valence-corrected chi connectivity index (χ2v) is 3.84. The number of aromatic hydroxyl groups is 1. The first-order chi connectivity index (χ1) is 7.84. The first-order valence-electron chi connectivity index (χ1n) is 5.28. The lowest BCUT2D eigenvalue weighted by Gasteiger charge is -2.13. The molecule has 0 aliphatic carbocycles. The lowest BCUT2D eigenvalue weighted by atomic mass is 10.1. The summed E-state index contributed by atoms with van der Waals surface area (Å²) in [6.07, 6.45) is 0.915. The minimum absolute atomic E-state index is 0.246. The van der Waals surface area contributed by atoms with E-state index in [1.807, 2.05) is 6.07 Å². The van der Waals surface area contributed by atoms with Gasteiger partial charge in [-0.05, 0) is 12.1 Å². The molecule has 2 heterocycles. The van der Waals surface area contributed by atoms with Crippen LogP contribution in [0.1, 0.15) is 11.4 Å². The Kier molecular flexibility index (Phi) is 2.11. The van der Waals surface area contributed by atoms with Gasteiger partial charge in [-0.2, -0.15) is 0 Å². The molecule has 0 spiro atoms. The molecule has 0 fully saturated rings. The second-order valence-electron chi connectivity index (χ2n) is 3.84. The summed E-state index contributed by atoms with van der Waals surface area (Å²) in [4.78, 5) is 0. The fraction of sp³-hybridized carbons (Fsp3) is 0.273. The summed E-state index contributed by atoms with van der Waals surface area (Å²) in [6.45, 7) is 1.72. The van der Waals surface area contributed by atoms with Crippen LogP contribution in [0, 0.1) is 0 Å². The van der Waals surface area contributed by atoms with Gasteiger partial charge < -0.3 is 10.4 Å². The molecule has 1 aromatic heterocycles. The van der Waals surface area contributed by atoms with E-state index >= 15 is 0 Å². The Balaban J connectivity index is 2.09. The number of rotatable bonds is 1. The van der Waals surface area contributed by atoms with Crippen LogP contribution in [0.5, 0.6) is 5.75 Å². The van der Waals surface area contributed by atoms with Crippen molar-refractivity contribution >= 4 is 0 Å². The summed E-state index contributed by atoms with van der Waals surface area (Å²) in [5.41, 5.74) is 2.98. The zero-order valence-electron chi connectivity index (χ0n) is 8.72. The van der Waals surface area contributed by atoms with E-state index in [0.29, 0.717) is 0 Å². The van der Waals surface area contributed by atoms with Crippen molar-refractivity contribution in [2.75, 3.05) is 6.54 Å². The Hall–Kier alpha value is -1.88. The van der Waals surface area contributed by atoms with Crippen molar-refractivity contribution < 1.29 is 5.11 Å². The molecule has 3 rings (SSSR count). The maximum absolute atomic E-state index is 9.44. The number of hydrogen-bond donors (Lipinski definition) is 2. The average molecular weight is 216 g/mol. The van der Waals surface area contributed by atoms with Crippen LogP contribution in [-0.2, 0) is 13.0 Å². The zero-order valence-corrected chi connectivity index (χ0v) is 8.72. The molecule has 0 saturated carbocycles. The molecule has 2 N–H and O–H groups in total. The largest absolute Gasteiger partial charge is 0.508 e. The number of fused-ring (bicyclic) bond motifs is 1. The third-order valence-corrected chi connectivity index (χ3v) is 2.75. The highest BCUT2D eigenvalue weighted by molar-refractivity contribution is 5.39. The summed E-state index contributed by atoms with van der Waals surface area (Å²) in [7, 11) is 0. The van der Waals surface area contributed by atoms with Crippen molar-refractivity contribution in [2.24, 2.45) is 0 Å². The number of aromatic nitrogens is 3. The molecule has 1 aromatic carbocycles. The Morgan fingerprint density at radius 2 is 2.31 bits per heavy atom. The van der Waals surface area contributed by atoms with E-state index in [1.54, 1.807) is 22.9 Å². The van der Waals surface area contributed by atoms with Crippen LogP contribution in [-0.4, -0.2) is 26.6 Å². The number of phenolic OH excluding ortho intramolecular Hbond substituents is 1. The molecular formula is C11H12N4O. The van der Waals surface area contributed by atoms with Gasteiger partial charge in [-0.3, -0.25) is 0 Å². The summed E-state index contributed by atoms with van der Waals surface area (Å²) in [5, 5.41) is 21.0. The number of benzene rings is 1. The monoisotopic (exact) mass is 216 g/mol. The molecular weight excluding hydrogens is 204 g/mol. The number of nitrogens with one attached hydrogen (secondary N) is 1. The maximum atomic E-state index is 9.44. The number of phenols is 1. The predicted molar refractivity (Wildman–Crippen MR) is 58.4 cm³/mol. The van der Waals surface area contributed by atoms with Crippen LogP contribution in [0.2, 0.25) is 0 Å². The van der Waals surface area contributed by atoms with E-state index in [0.717, 1.165) is 36.6 Å². The topological polar surface area (TPSA) is 63.0 Å². The Morgan fingerprint density at radius 1 is 1.38 bits per heavy atom. The Bertz CT molecular complexity index is 520.